The molecule has 2 N–H and O–H groups in total. The van der Waals surface area contributed by atoms with Crippen LogP contribution in [0.1, 0.15) is 15.9 Å². The molecule has 0 unspecified atom stereocenters. The van der Waals surface area contributed by atoms with Crippen molar-refractivity contribution >= 4 is 23.4 Å². The third kappa shape index (κ3) is 4.29. The Morgan fingerprint density at radius 3 is 2.85 bits per heavy atom. The summed E-state index contributed by atoms with van der Waals surface area (Å²) in [6.07, 6.45) is 1.44. The van der Waals surface area contributed by atoms with E-state index in [0.29, 0.717) is 22.6 Å². The third-order valence-corrected chi connectivity index (χ3v) is 3.51. The van der Waals surface area contributed by atoms with E-state index >= 15 is 0 Å². The van der Waals surface area contributed by atoms with Gasteiger partial charge >= 0.3 is 5.97 Å². The fraction of sp³-hybridized carbons (Fsp3) is 0.111. The number of carbonyl (C=O) groups excluding carboxylic acids is 1. The van der Waals surface area contributed by atoms with Crippen LogP contribution in [0.5, 0.6) is 0 Å². The van der Waals surface area contributed by atoms with Gasteiger partial charge < -0.3 is 15.4 Å². The summed E-state index contributed by atoms with van der Waals surface area (Å²) < 4.78 is 18.3. The van der Waals surface area contributed by atoms with Crippen LogP contribution < -0.4 is 10.6 Å². The molecule has 8 heteroatoms. The van der Waals surface area contributed by atoms with Crippen molar-refractivity contribution in [2.24, 2.45) is 0 Å². The Balaban J connectivity index is 1.70. The zero-order valence-corrected chi connectivity index (χ0v) is 13.9. The number of nitrogens with one attached hydrogen (secondary N) is 2. The second-order valence-electron chi connectivity index (χ2n) is 5.31. The topological polar surface area (TPSA) is 89.0 Å². The Morgan fingerprint density at radius 1 is 1.19 bits per heavy atom. The van der Waals surface area contributed by atoms with E-state index in [0.717, 1.165) is 0 Å². The molecule has 0 aliphatic rings. The smallest absolute Gasteiger partial charge is 0.337 e. The number of aromatic nitrogens is 3. The number of halogens is 1. The summed E-state index contributed by atoms with van der Waals surface area (Å²) in [4.78, 5) is 15.9. The summed E-state index contributed by atoms with van der Waals surface area (Å²) in [5.41, 5.74) is 1.56. The fourth-order valence-corrected chi connectivity index (χ4v) is 2.24. The number of anilines is 3. The molecule has 0 aliphatic heterocycles. The zero-order valence-electron chi connectivity index (χ0n) is 13.9. The van der Waals surface area contributed by atoms with Gasteiger partial charge in [-0.2, -0.15) is 10.1 Å². The molecule has 26 heavy (non-hydrogen) atoms. The molecular weight excluding hydrogens is 337 g/mol. The van der Waals surface area contributed by atoms with Crippen molar-refractivity contribution in [1.29, 1.82) is 0 Å². The first-order valence-corrected chi connectivity index (χ1v) is 7.78. The van der Waals surface area contributed by atoms with Crippen molar-refractivity contribution in [3.05, 3.63) is 71.7 Å². The predicted octanol–water partition coefficient (Wildman–Crippen LogP) is 3.15. The van der Waals surface area contributed by atoms with Crippen molar-refractivity contribution in [1.82, 2.24) is 15.2 Å². The van der Waals surface area contributed by atoms with Gasteiger partial charge in [0.15, 0.2) is 5.82 Å². The number of carbonyl (C=O) groups is 1. The summed E-state index contributed by atoms with van der Waals surface area (Å²) in [6.45, 7) is 0.232. The Kier molecular flexibility index (Phi) is 5.33. The van der Waals surface area contributed by atoms with Crippen LogP contribution in [0.15, 0.2) is 54.7 Å². The van der Waals surface area contributed by atoms with Crippen LogP contribution in [-0.4, -0.2) is 28.3 Å². The number of ether oxygens (including phenoxy) is 1. The van der Waals surface area contributed by atoms with E-state index in [4.69, 9.17) is 4.74 Å². The van der Waals surface area contributed by atoms with Gasteiger partial charge in [-0.05, 0) is 24.3 Å². The molecule has 132 valence electrons. The van der Waals surface area contributed by atoms with E-state index in [9.17, 15) is 9.18 Å². The highest BCUT2D eigenvalue weighted by Crippen LogP contribution is 2.17. The van der Waals surface area contributed by atoms with Crippen molar-refractivity contribution in [3.8, 4) is 0 Å². The van der Waals surface area contributed by atoms with Crippen molar-refractivity contribution in [3.63, 3.8) is 0 Å². The molecule has 3 aromatic rings. The largest absolute Gasteiger partial charge is 0.465 e. The quantitative estimate of drug-likeness (QED) is 0.658. The minimum Gasteiger partial charge on any atom is -0.465 e. The third-order valence-electron chi connectivity index (χ3n) is 3.51. The van der Waals surface area contributed by atoms with Gasteiger partial charge in [-0.25, -0.2) is 9.18 Å². The fourth-order valence-electron chi connectivity index (χ4n) is 2.24. The molecule has 0 fully saturated rings. The minimum atomic E-state index is -0.429. The molecule has 0 bridgehead atoms. The number of hydrogen-bond acceptors (Lipinski definition) is 7. The first-order valence-electron chi connectivity index (χ1n) is 7.78. The second-order valence-corrected chi connectivity index (χ2v) is 5.31. The highest BCUT2D eigenvalue weighted by atomic mass is 19.1. The van der Waals surface area contributed by atoms with Crippen LogP contribution in [0.3, 0.4) is 0 Å². The average Bonchev–Trinajstić information content (AvgIpc) is 2.67. The lowest BCUT2D eigenvalue weighted by molar-refractivity contribution is 0.0601. The number of benzene rings is 2. The molecule has 0 radical (unpaired) electrons. The van der Waals surface area contributed by atoms with Gasteiger partial charge in [0.1, 0.15) is 5.82 Å². The predicted molar refractivity (Wildman–Crippen MR) is 94.6 cm³/mol. The van der Waals surface area contributed by atoms with Crippen molar-refractivity contribution in [2.75, 3.05) is 17.7 Å². The summed E-state index contributed by atoms with van der Waals surface area (Å²) in [5, 5.41) is 13.7. The number of hydrogen-bond donors (Lipinski definition) is 2. The van der Waals surface area contributed by atoms with Gasteiger partial charge in [0.25, 0.3) is 0 Å². The first-order chi connectivity index (χ1) is 12.7. The lowest BCUT2D eigenvalue weighted by Crippen LogP contribution is -2.07. The van der Waals surface area contributed by atoms with Crippen LogP contribution in [-0.2, 0) is 11.3 Å². The van der Waals surface area contributed by atoms with E-state index in [2.05, 4.69) is 25.8 Å². The Labute approximate surface area is 149 Å². The highest BCUT2D eigenvalue weighted by molar-refractivity contribution is 5.90. The summed E-state index contributed by atoms with van der Waals surface area (Å²) in [5.74, 6) is -0.0519. The van der Waals surface area contributed by atoms with Gasteiger partial charge in [0.2, 0.25) is 5.95 Å². The molecular formula is C18H16FN5O2. The van der Waals surface area contributed by atoms with Gasteiger partial charge in [-0.1, -0.05) is 24.3 Å². The molecule has 3 rings (SSSR count). The van der Waals surface area contributed by atoms with Gasteiger partial charge in [-0.3, -0.25) is 0 Å². The Bertz CT molecular complexity index is 919. The lowest BCUT2D eigenvalue weighted by Gasteiger charge is -2.09. The summed E-state index contributed by atoms with van der Waals surface area (Å²) >= 11 is 0. The lowest BCUT2D eigenvalue weighted by atomic mass is 10.2. The van der Waals surface area contributed by atoms with Gasteiger partial charge in [0, 0.05) is 17.8 Å². The zero-order chi connectivity index (χ0) is 18.4. The molecule has 1 aromatic heterocycles. The van der Waals surface area contributed by atoms with Crippen LogP contribution in [0, 0.1) is 5.82 Å². The van der Waals surface area contributed by atoms with Crippen LogP contribution in [0.4, 0.5) is 21.8 Å². The van der Waals surface area contributed by atoms with Crippen LogP contribution >= 0.6 is 0 Å². The maximum absolute atomic E-state index is 13.6. The molecule has 0 spiro atoms. The maximum atomic E-state index is 13.6. The van der Waals surface area contributed by atoms with E-state index in [1.165, 1.54) is 19.4 Å². The Morgan fingerprint density at radius 2 is 2.04 bits per heavy atom. The van der Waals surface area contributed by atoms with Crippen molar-refractivity contribution < 1.29 is 13.9 Å². The number of nitrogens with zero attached hydrogens (tertiary/aromatic N) is 3. The second kappa shape index (κ2) is 8.02. The molecule has 2 aromatic carbocycles. The molecule has 7 nitrogen and oxygen atoms in total. The standard InChI is InChI=1S/C18H16FN5O2/c1-26-17(25)12-6-4-7-14(9-12)22-16-11-21-24-18(23-16)20-10-13-5-2-3-8-15(13)19/h2-9,11H,10H2,1H3,(H2,20,22,23,24). The van der Waals surface area contributed by atoms with Gasteiger partial charge in [0.05, 0.1) is 18.9 Å². The van der Waals surface area contributed by atoms with E-state index in [1.54, 1.807) is 42.5 Å². The van der Waals surface area contributed by atoms with Crippen LogP contribution in [0.2, 0.25) is 0 Å². The monoisotopic (exact) mass is 353 g/mol. The van der Waals surface area contributed by atoms with E-state index < -0.39 is 5.97 Å². The minimum absolute atomic E-state index is 0.232. The summed E-state index contributed by atoms with van der Waals surface area (Å²) in [7, 11) is 1.32. The number of methoxy groups -OCH3 is 1. The first kappa shape index (κ1) is 17.3. The maximum Gasteiger partial charge on any atom is 0.337 e. The summed E-state index contributed by atoms with van der Waals surface area (Å²) in [6, 6.07) is 13.2. The molecule has 0 aliphatic carbocycles. The number of rotatable bonds is 6. The average molecular weight is 353 g/mol. The van der Waals surface area contributed by atoms with Crippen LogP contribution in [0.25, 0.3) is 0 Å². The molecule has 0 atom stereocenters. The van der Waals surface area contributed by atoms with Crippen molar-refractivity contribution in [2.45, 2.75) is 6.54 Å². The van der Waals surface area contributed by atoms with E-state index in [1.807, 2.05) is 0 Å². The molecule has 1 heterocycles. The van der Waals surface area contributed by atoms with E-state index in [-0.39, 0.29) is 18.3 Å². The molecule has 0 saturated carbocycles. The SMILES string of the molecule is COC(=O)c1cccc(Nc2cnnc(NCc3ccccc3F)n2)c1. The Hall–Kier alpha value is -3.55. The molecule has 0 saturated heterocycles. The molecule has 0 amide bonds. The number of esters is 1. The van der Waals surface area contributed by atoms with Gasteiger partial charge in [-0.15, -0.1) is 5.10 Å². The highest BCUT2D eigenvalue weighted by Gasteiger charge is 2.07. The normalized spacial score (nSPS) is 10.2.